The Kier molecular flexibility index (Phi) is 2.36. The van der Waals surface area contributed by atoms with Crippen LogP contribution in [0, 0.1) is 0 Å². The van der Waals surface area contributed by atoms with Crippen LogP contribution in [0.1, 0.15) is 10.5 Å². The topological polar surface area (TPSA) is 63.8 Å². The number of pyridine rings is 1. The molecule has 0 aliphatic heterocycles. The Bertz CT molecular complexity index is 535. The normalized spacial score (nSPS) is 10.5. The van der Waals surface area contributed by atoms with E-state index in [4.69, 9.17) is 9.84 Å². The van der Waals surface area contributed by atoms with E-state index in [1.807, 2.05) is 0 Å². The number of hydrogen-bond donors (Lipinski definition) is 1. The largest absolute Gasteiger partial charge is 0.481 e. The first-order valence-electron chi connectivity index (χ1n) is 4.08. The summed E-state index contributed by atoms with van der Waals surface area (Å²) in [6.07, 6.45) is 0. The summed E-state index contributed by atoms with van der Waals surface area (Å²) in [6, 6.07) is 4.96. The number of ether oxygens (including phenoxy) is 1. The standard InChI is InChI=1S/C9H7BrN2O3/c1-15-8-3-5(10)2-6-4-7(9(13)14)11-12(6)8/h2-4H,1H3,(H,13,14). The highest BCUT2D eigenvalue weighted by atomic mass is 79.9. The molecule has 5 nitrogen and oxygen atoms in total. The number of aromatic nitrogens is 2. The number of hydrogen-bond acceptors (Lipinski definition) is 3. The van der Waals surface area contributed by atoms with Crippen LogP contribution in [0.15, 0.2) is 22.7 Å². The van der Waals surface area contributed by atoms with Crippen molar-refractivity contribution in [1.29, 1.82) is 0 Å². The summed E-state index contributed by atoms with van der Waals surface area (Å²) in [7, 11) is 1.50. The number of nitrogens with zero attached hydrogens (tertiary/aromatic N) is 2. The molecule has 0 radical (unpaired) electrons. The third kappa shape index (κ3) is 1.68. The molecule has 0 spiro atoms. The molecule has 2 aromatic heterocycles. The van der Waals surface area contributed by atoms with E-state index in [0.29, 0.717) is 11.4 Å². The lowest BCUT2D eigenvalue weighted by molar-refractivity contribution is 0.0690. The molecule has 0 aromatic carbocycles. The molecular formula is C9H7BrN2O3. The Morgan fingerprint density at radius 3 is 2.87 bits per heavy atom. The van der Waals surface area contributed by atoms with Crippen molar-refractivity contribution in [1.82, 2.24) is 9.61 Å². The third-order valence-electron chi connectivity index (χ3n) is 1.92. The van der Waals surface area contributed by atoms with Gasteiger partial charge in [0.05, 0.1) is 12.6 Å². The number of aromatic carboxylic acids is 1. The van der Waals surface area contributed by atoms with E-state index in [-0.39, 0.29) is 5.69 Å². The predicted octanol–water partition coefficient (Wildman–Crippen LogP) is 1.80. The highest BCUT2D eigenvalue weighted by molar-refractivity contribution is 9.10. The highest BCUT2D eigenvalue weighted by Crippen LogP contribution is 2.22. The van der Waals surface area contributed by atoms with Gasteiger partial charge in [-0.3, -0.25) is 0 Å². The number of carboxylic acids is 1. The summed E-state index contributed by atoms with van der Waals surface area (Å²) in [4.78, 5) is 10.7. The fourth-order valence-corrected chi connectivity index (χ4v) is 1.72. The van der Waals surface area contributed by atoms with Gasteiger partial charge in [-0.25, -0.2) is 9.31 Å². The maximum atomic E-state index is 10.7. The molecule has 0 amide bonds. The number of carbonyl (C=O) groups is 1. The van der Waals surface area contributed by atoms with Crippen molar-refractivity contribution in [2.24, 2.45) is 0 Å². The zero-order chi connectivity index (χ0) is 11.0. The van der Waals surface area contributed by atoms with Gasteiger partial charge in [-0.2, -0.15) is 5.10 Å². The Morgan fingerprint density at radius 2 is 2.27 bits per heavy atom. The van der Waals surface area contributed by atoms with Crippen molar-refractivity contribution in [2.75, 3.05) is 7.11 Å². The van der Waals surface area contributed by atoms with E-state index in [1.165, 1.54) is 17.7 Å². The van der Waals surface area contributed by atoms with Gasteiger partial charge in [-0.15, -0.1) is 0 Å². The lowest BCUT2D eigenvalue weighted by Gasteiger charge is -2.02. The average Bonchev–Trinajstić information content (AvgIpc) is 2.59. The Morgan fingerprint density at radius 1 is 1.53 bits per heavy atom. The second kappa shape index (κ2) is 3.54. The minimum absolute atomic E-state index is 0.00796. The first kappa shape index (κ1) is 9.97. The highest BCUT2D eigenvalue weighted by Gasteiger charge is 2.11. The SMILES string of the molecule is COc1cc(Br)cc2cc(C(=O)O)nn12. The Hall–Kier alpha value is -1.56. The van der Waals surface area contributed by atoms with E-state index in [0.717, 1.165) is 4.47 Å². The summed E-state index contributed by atoms with van der Waals surface area (Å²) in [5.41, 5.74) is 0.657. The summed E-state index contributed by atoms with van der Waals surface area (Å²) in [5, 5.41) is 12.7. The van der Waals surface area contributed by atoms with Crippen LogP contribution >= 0.6 is 15.9 Å². The molecule has 2 aromatic rings. The van der Waals surface area contributed by atoms with E-state index in [2.05, 4.69) is 21.0 Å². The van der Waals surface area contributed by atoms with Gasteiger partial charge in [0.1, 0.15) is 0 Å². The first-order chi connectivity index (χ1) is 7.11. The molecule has 0 saturated carbocycles. The molecule has 1 N–H and O–H groups in total. The molecule has 2 heterocycles. The molecule has 0 aliphatic rings. The first-order valence-corrected chi connectivity index (χ1v) is 4.87. The van der Waals surface area contributed by atoms with Crippen LogP contribution < -0.4 is 4.74 Å². The second-order valence-corrected chi connectivity index (χ2v) is 3.80. The maximum absolute atomic E-state index is 10.7. The minimum atomic E-state index is -1.06. The van der Waals surface area contributed by atoms with Gasteiger partial charge < -0.3 is 9.84 Å². The predicted molar refractivity (Wildman–Crippen MR) is 56.4 cm³/mol. The van der Waals surface area contributed by atoms with Crippen LogP contribution in [0.5, 0.6) is 5.88 Å². The molecule has 2 rings (SSSR count). The van der Waals surface area contributed by atoms with E-state index in [1.54, 1.807) is 12.1 Å². The number of rotatable bonds is 2. The molecule has 0 bridgehead atoms. The van der Waals surface area contributed by atoms with Gasteiger partial charge >= 0.3 is 5.97 Å². The average molecular weight is 271 g/mol. The Labute approximate surface area is 93.4 Å². The fraction of sp³-hybridized carbons (Fsp3) is 0.111. The van der Waals surface area contributed by atoms with E-state index in [9.17, 15) is 4.79 Å². The van der Waals surface area contributed by atoms with Crippen molar-refractivity contribution in [3.8, 4) is 5.88 Å². The molecule has 0 saturated heterocycles. The fourth-order valence-electron chi connectivity index (χ4n) is 1.29. The molecule has 6 heteroatoms. The smallest absolute Gasteiger partial charge is 0.356 e. The summed E-state index contributed by atoms with van der Waals surface area (Å²) in [6.45, 7) is 0. The monoisotopic (exact) mass is 270 g/mol. The van der Waals surface area contributed by atoms with Crippen LogP contribution in [-0.4, -0.2) is 27.8 Å². The van der Waals surface area contributed by atoms with Crippen LogP contribution in [0.25, 0.3) is 5.52 Å². The maximum Gasteiger partial charge on any atom is 0.356 e. The molecule has 0 unspecified atom stereocenters. The van der Waals surface area contributed by atoms with Crippen LogP contribution in [0.4, 0.5) is 0 Å². The summed E-state index contributed by atoms with van der Waals surface area (Å²) < 4.78 is 7.33. The van der Waals surface area contributed by atoms with Crippen molar-refractivity contribution >= 4 is 27.4 Å². The van der Waals surface area contributed by atoms with Crippen molar-refractivity contribution in [3.63, 3.8) is 0 Å². The van der Waals surface area contributed by atoms with Crippen LogP contribution in [-0.2, 0) is 0 Å². The number of fused-ring (bicyclic) bond motifs is 1. The van der Waals surface area contributed by atoms with Crippen molar-refractivity contribution < 1.29 is 14.6 Å². The minimum Gasteiger partial charge on any atom is -0.481 e. The van der Waals surface area contributed by atoms with Crippen molar-refractivity contribution in [2.45, 2.75) is 0 Å². The van der Waals surface area contributed by atoms with Gasteiger partial charge in [0.2, 0.25) is 5.88 Å². The van der Waals surface area contributed by atoms with Gasteiger partial charge in [0.25, 0.3) is 0 Å². The quantitative estimate of drug-likeness (QED) is 0.904. The van der Waals surface area contributed by atoms with Crippen molar-refractivity contribution in [3.05, 3.63) is 28.4 Å². The Balaban J connectivity index is 2.74. The number of carboxylic acid groups (broad SMARTS) is 1. The lowest BCUT2D eigenvalue weighted by Crippen LogP contribution is -1.99. The molecular weight excluding hydrogens is 264 g/mol. The zero-order valence-corrected chi connectivity index (χ0v) is 9.35. The summed E-state index contributed by atoms with van der Waals surface area (Å²) >= 11 is 3.30. The van der Waals surface area contributed by atoms with Gasteiger partial charge in [-0.1, -0.05) is 15.9 Å². The summed E-state index contributed by atoms with van der Waals surface area (Å²) in [5.74, 6) is -0.580. The molecule has 0 fully saturated rings. The van der Waals surface area contributed by atoms with E-state index >= 15 is 0 Å². The zero-order valence-electron chi connectivity index (χ0n) is 7.77. The van der Waals surface area contributed by atoms with E-state index < -0.39 is 5.97 Å². The third-order valence-corrected chi connectivity index (χ3v) is 2.38. The second-order valence-electron chi connectivity index (χ2n) is 2.89. The molecule has 0 aliphatic carbocycles. The van der Waals surface area contributed by atoms with Crippen LogP contribution in [0.2, 0.25) is 0 Å². The molecule has 0 atom stereocenters. The number of halogens is 1. The van der Waals surface area contributed by atoms with Crippen LogP contribution in [0.3, 0.4) is 0 Å². The molecule has 15 heavy (non-hydrogen) atoms. The number of methoxy groups -OCH3 is 1. The van der Waals surface area contributed by atoms with Gasteiger partial charge in [0, 0.05) is 10.5 Å². The molecule has 78 valence electrons. The van der Waals surface area contributed by atoms with Gasteiger partial charge in [-0.05, 0) is 12.1 Å². The lowest BCUT2D eigenvalue weighted by atomic mass is 10.3. The van der Waals surface area contributed by atoms with Gasteiger partial charge in [0.15, 0.2) is 5.69 Å².